The first-order valence-electron chi connectivity index (χ1n) is 7.69. The topological polar surface area (TPSA) is 143 Å². The molecule has 1 N–H and O–H groups in total. The summed E-state index contributed by atoms with van der Waals surface area (Å²) in [5, 5.41) is 5.87. The Balaban J connectivity index is 1.87. The van der Waals surface area contributed by atoms with Gasteiger partial charge in [-0.15, -0.1) is 0 Å². The molecule has 0 saturated carbocycles. The van der Waals surface area contributed by atoms with Gasteiger partial charge in [-0.3, -0.25) is 19.3 Å². The zero-order chi connectivity index (χ0) is 18.3. The smallest absolute Gasteiger partial charge is 0.254 e. The van der Waals surface area contributed by atoms with Gasteiger partial charge >= 0.3 is 0 Å². The number of carbonyl (C=O) groups excluding carboxylic acids is 3. The first kappa shape index (κ1) is 20.6. The van der Waals surface area contributed by atoms with Crippen LogP contribution in [0.2, 0.25) is 0 Å². The quantitative estimate of drug-likeness (QED) is 0.145. The van der Waals surface area contributed by atoms with E-state index in [1.807, 2.05) is 0 Å². The summed E-state index contributed by atoms with van der Waals surface area (Å²) in [6.45, 7) is 2.46. The van der Waals surface area contributed by atoms with E-state index in [0.29, 0.717) is 39.6 Å². The van der Waals surface area contributed by atoms with E-state index < -0.39 is 17.7 Å². The van der Waals surface area contributed by atoms with E-state index in [1.54, 1.807) is 0 Å². The minimum Gasteiger partial charge on any atom is -0.379 e. The molecule has 0 unspecified atom stereocenters. The third kappa shape index (κ3) is 9.42. The van der Waals surface area contributed by atoms with Crippen LogP contribution in [0, 0.1) is 0 Å². The molecule has 11 nitrogen and oxygen atoms in total. The summed E-state index contributed by atoms with van der Waals surface area (Å²) in [7, 11) is 0. The predicted molar refractivity (Wildman–Crippen MR) is 85.3 cm³/mol. The highest BCUT2D eigenvalue weighted by Gasteiger charge is 2.25. The van der Waals surface area contributed by atoms with Gasteiger partial charge in [-0.1, -0.05) is 5.11 Å². The molecule has 1 aliphatic rings. The maximum Gasteiger partial charge on any atom is 0.254 e. The maximum absolute atomic E-state index is 11.6. The molecule has 1 aliphatic heterocycles. The molecule has 0 aromatic heterocycles. The molecule has 0 spiro atoms. The first-order valence-corrected chi connectivity index (χ1v) is 7.69. The number of azide groups is 1. The molecular weight excluding hydrogens is 334 g/mol. The maximum atomic E-state index is 11.6. The molecule has 1 heterocycles. The summed E-state index contributed by atoms with van der Waals surface area (Å²) in [5.74, 6) is -1.41. The van der Waals surface area contributed by atoms with E-state index in [2.05, 4.69) is 15.3 Å². The van der Waals surface area contributed by atoms with Crippen molar-refractivity contribution in [2.24, 2.45) is 5.11 Å². The number of rotatable bonds is 14. The third-order valence-electron chi connectivity index (χ3n) is 2.91. The van der Waals surface area contributed by atoms with Crippen molar-refractivity contribution in [3.8, 4) is 0 Å². The number of carbonyl (C=O) groups is 3. The van der Waals surface area contributed by atoms with Gasteiger partial charge in [0.15, 0.2) is 0 Å². The van der Waals surface area contributed by atoms with Crippen LogP contribution in [0.25, 0.3) is 10.4 Å². The van der Waals surface area contributed by atoms with Crippen molar-refractivity contribution in [1.82, 2.24) is 10.2 Å². The van der Waals surface area contributed by atoms with Crippen LogP contribution in [0.4, 0.5) is 0 Å². The van der Waals surface area contributed by atoms with Gasteiger partial charge in [0.25, 0.3) is 11.8 Å². The number of amides is 3. The Hall–Kier alpha value is -2.46. The van der Waals surface area contributed by atoms with Gasteiger partial charge in [-0.05, 0) is 5.53 Å². The van der Waals surface area contributed by atoms with Gasteiger partial charge in [0.1, 0.15) is 6.54 Å². The normalized spacial score (nSPS) is 13.2. The van der Waals surface area contributed by atoms with E-state index >= 15 is 0 Å². The minimum absolute atomic E-state index is 0.269. The summed E-state index contributed by atoms with van der Waals surface area (Å²) in [5.41, 5.74) is 8.05. The molecule has 0 atom stereocenters. The molecule has 0 radical (unpaired) electrons. The Bertz CT molecular complexity index is 514. The first-order chi connectivity index (χ1) is 12.1. The summed E-state index contributed by atoms with van der Waals surface area (Å²) in [6.07, 6.45) is 2.26. The SMILES string of the molecule is [N-]=[N+]=NCCOCCOCCOCCNC(=O)CN1C(=O)C=CC1=O. The monoisotopic (exact) mass is 355 g/mol. The third-order valence-corrected chi connectivity index (χ3v) is 2.91. The zero-order valence-electron chi connectivity index (χ0n) is 13.8. The molecule has 0 bridgehead atoms. The van der Waals surface area contributed by atoms with Gasteiger partial charge in [0.2, 0.25) is 5.91 Å². The van der Waals surface area contributed by atoms with Crippen molar-refractivity contribution >= 4 is 17.7 Å². The van der Waals surface area contributed by atoms with Crippen LogP contribution in [0.15, 0.2) is 17.3 Å². The summed E-state index contributed by atoms with van der Waals surface area (Å²) in [4.78, 5) is 37.6. The Morgan fingerprint density at radius 2 is 1.60 bits per heavy atom. The van der Waals surface area contributed by atoms with Crippen LogP contribution >= 0.6 is 0 Å². The Morgan fingerprint density at radius 1 is 1.04 bits per heavy atom. The molecule has 3 amide bonds. The highest BCUT2D eigenvalue weighted by molar-refractivity contribution is 6.14. The van der Waals surface area contributed by atoms with Gasteiger partial charge in [0.05, 0.1) is 39.6 Å². The summed E-state index contributed by atoms with van der Waals surface area (Å²) in [6, 6.07) is 0. The van der Waals surface area contributed by atoms with Crippen molar-refractivity contribution in [3.05, 3.63) is 22.6 Å². The largest absolute Gasteiger partial charge is 0.379 e. The standard InChI is InChI=1S/C14H21N5O6/c15-18-17-4-6-24-8-10-25-9-7-23-5-3-16-12(20)11-19-13(21)1-2-14(19)22/h1-2H,3-11H2,(H,16,20). The Labute approximate surface area is 144 Å². The lowest BCUT2D eigenvalue weighted by molar-refractivity contribution is -0.141. The van der Waals surface area contributed by atoms with Gasteiger partial charge in [0, 0.05) is 30.2 Å². The second-order valence-corrected chi connectivity index (χ2v) is 4.74. The molecule has 0 aliphatic carbocycles. The molecule has 0 saturated heterocycles. The second-order valence-electron chi connectivity index (χ2n) is 4.74. The predicted octanol–water partition coefficient (Wildman–Crippen LogP) is -0.612. The fourth-order valence-corrected chi connectivity index (χ4v) is 1.74. The highest BCUT2D eigenvalue weighted by atomic mass is 16.5. The van der Waals surface area contributed by atoms with Crippen LogP contribution < -0.4 is 5.32 Å². The molecule has 0 aromatic rings. The molecule has 1 rings (SSSR count). The van der Waals surface area contributed by atoms with Crippen molar-refractivity contribution in [3.63, 3.8) is 0 Å². The number of nitrogens with zero attached hydrogens (tertiary/aromatic N) is 4. The van der Waals surface area contributed by atoms with Crippen LogP contribution in [-0.4, -0.2) is 81.9 Å². The fraction of sp³-hybridized carbons (Fsp3) is 0.643. The molecule has 138 valence electrons. The number of imide groups is 1. The summed E-state index contributed by atoms with van der Waals surface area (Å²) >= 11 is 0. The molecule has 0 fully saturated rings. The van der Waals surface area contributed by atoms with Crippen LogP contribution in [0.1, 0.15) is 0 Å². The number of nitrogens with one attached hydrogen (secondary N) is 1. The van der Waals surface area contributed by atoms with Gasteiger partial charge in [-0.25, -0.2) is 0 Å². The van der Waals surface area contributed by atoms with E-state index in [9.17, 15) is 14.4 Å². The lowest BCUT2D eigenvalue weighted by Crippen LogP contribution is -2.41. The molecule has 11 heteroatoms. The van der Waals surface area contributed by atoms with Gasteiger partial charge < -0.3 is 19.5 Å². The molecule has 0 aromatic carbocycles. The van der Waals surface area contributed by atoms with Crippen LogP contribution in [0.5, 0.6) is 0 Å². The average molecular weight is 355 g/mol. The summed E-state index contributed by atoms with van der Waals surface area (Å²) < 4.78 is 15.7. The Morgan fingerprint density at radius 3 is 2.20 bits per heavy atom. The number of ether oxygens (including phenoxy) is 3. The lowest BCUT2D eigenvalue weighted by atomic mass is 10.4. The number of hydrogen-bond donors (Lipinski definition) is 1. The lowest BCUT2D eigenvalue weighted by Gasteiger charge is -2.13. The van der Waals surface area contributed by atoms with E-state index in [1.165, 1.54) is 0 Å². The van der Waals surface area contributed by atoms with E-state index in [-0.39, 0.29) is 19.7 Å². The Kier molecular flexibility index (Phi) is 10.6. The van der Waals surface area contributed by atoms with Crippen LogP contribution in [-0.2, 0) is 28.6 Å². The van der Waals surface area contributed by atoms with Crippen molar-refractivity contribution in [1.29, 1.82) is 0 Å². The van der Waals surface area contributed by atoms with Crippen LogP contribution in [0.3, 0.4) is 0 Å². The van der Waals surface area contributed by atoms with Crippen molar-refractivity contribution < 1.29 is 28.6 Å². The average Bonchev–Trinajstić information content (AvgIpc) is 2.91. The van der Waals surface area contributed by atoms with Gasteiger partial charge in [-0.2, -0.15) is 0 Å². The molecule has 25 heavy (non-hydrogen) atoms. The van der Waals surface area contributed by atoms with Crippen molar-refractivity contribution in [2.45, 2.75) is 0 Å². The van der Waals surface area contributed by atoms with Crippen molar-refractivity contribution in [2.75, 3.05) is 59.3 Å². The number of hydrogen-bond acceptors (Lipinski definition) is 7. The fourth-order valence-electron chi connectivity index (χ4n) is 1.74. The van der Waals surface area contributed by atoms with E-state index in [0.717, 1.165) is 17.1 Å². The second kappa shape index (κ2) is 12.9. The van der Waals surface area contributed by atoms with E-state index in [4.69, 9.17) is 19.7 Å². The zero-order valence-corrected chi connectivity index (χ0v) is 13.8. The highest BCUT2D eigenvalue weighted by Crippen LogP contribution is 2.01. The molecular formula is C14H21N5O6. The minimum atomic E-state index is -0.490.